The first-order valence-corrected chi connectivity index (χ1v) is 12.0. The van der Waals surface area contributed by atoms with Crippen molar-refractivity contribution in [3.05, 3.63) is 63.3 Å². The maximum absolute atomic E-state index is 11.5. The van der Waals surface area contributed by atoms with Gasteiger partial charge in [-0.25, -0.2) is 0 Å². The number of benzene rings is 2. The summed E-state index contributed by atoms with van der Waals surface area (Å²) in [4.78, 5) is 18.0. The zero-order valence-corrected chi connectivity index (χ0v) is 20.1. The summed E-state index contributed by atoms with van der Waals surface area (Å²) < 4.78 is 11.7. The highest BCUT2D eigenvalue weighted by molar-refractivity contribution is 6.35. The Kier molecular flexibility index (Phi) is 6.52. The molecule has 3 heterocycles. The molecule has 1 amide bonds. The lowest BCUT2D eigenvalue weighted by atomic mass is 10.1. The van der Waals surface area contributed by atoms with Crippen LogP contribution in [0.2, 0.25) is 10.0 Å². The molecular weight excluding hydrogens is 461 g/mol. The number of anilines is 1. The molecule has 2 fully saturated rings. The van der Waals surface area contributed by atoms with Crippen molar-refractivity contribution in [1.82, 2.24) is 9.80 Å². The highest BCUT2D eigenvalue weighted by Gasteiger charge is 2.27. The number of ether oxygens (including phenoxy) is 1. The van der Waals surface area contributed by atoms with E-state index in [2.05, 4.69) is 28.9 Å². The second kappa shape index (κ2) is 9.55. The van der Waals surface area contributed by atoms with Crippen LogP contribution in [-0.2, 0) is 16.1 Å². The molecule has 0 aliphatic carbocycles. The van der Waals surface area contributed by atoms with Crippen molar-refractivity contribution in [2.75, 3.05) is 50.8 Å². The molecule has 5 rings (SSSR count). The van der Waals surface area contributed by atoms with E-state index in [1.807, 2.05) is 24.3 Å². The van der Waals surface area contributed by atoms with E-state index < -0.39 is 0 Å². The van der Waals surface area contributed by atoms with Gasteiger partial charge >= 0.3 is 0 Å². The van der Waals surface area contributed by atoms with Crippen LogP contribution >= 0.6 is 23.2 Å². The fraction of sp³-hybridized carbons (Fsp3) is 0.400. The van der Waals surface area contributed by atoms with E-state index in [-0.39, 0.29) is 6.04 Å². The molecule has 33 heavy (non-hydrogen) atoms. The number of nitrogens with zero attached hydrogens (tertiary/aromatic N) is 3. The van der Waals surface area contributed by atoms with E-state index in [0.717, 1.165) is 71.5 Å². The van der Waals surface area contributed by atoms with Crippen molar-refractivity contribution in [2.24, 2.45) is 0 Å². The first kappa shape index (κ1) is 22.5. The Labute approximate surface area is 203 Å². The first-order chi connectivity index (χ1) is 16.0. The van der Waals surface area contributed by atoms with Crippen LogP contribution in [0, 0.1) is 6.92 Å². The minimum Gasteiger partial charge on any atom is -0.459 e. The summed E-state index contributed by atoms with van der Waals surface area (Å²) in [5.41, 5.74) is 4.25. The second-order valence-electron chi connectivity index (χ2n) is 8.67. The van der Waals surface area contributed by atoms with Crippen molar-refractivity contribution < 1.29 is 13.9 Å². The first-order valence-electron chi connectivity index (χ1n) is 11.3. The fourth-order valence-electron chi connectivity index (χ4n) is 4.81. The molecule has 0 spiro atoms. The topological polar surface area (TPSA) is 49.2 Å². The number of carbonyl (C=O) groups excluding carboxylic acids is 1. The molecule has 1 atom stereocenters. The van der Waals surface area contributed by atoms with Crippen LogP contribution in [-0.4, -0.2) is 62.1 Å². The van der Waals surface area contributed by atoms with Gasteiger partial charge in [0, 0.05) is 66.0 Å². The van der Waals surface area contributed by atoms with Gasteiger partial charge in [-0.2, -0.15) is 0 Å². The number of piperazine rings is 1. The third kappa shape index (κ3) is 4.45. The number of rotatable bonds is 5. The highest BCUT2D eigenvalue weighted by Crippen LogP contribution is 2.35. The minimum atomic E-state index is -0.174. The van der Waals surface area contributed by atoms with Gasteiger partial charge in [-0.3, -0.25) is 9.69 Å². The maximum atomic E-state index is 11.5. The molecule has 0 saturated carbocycles. The third-order valence-electron chi connectivity index (χ3n) is 6.75. The summed E-state index contributed by atoms with van der Waals surface area (Å²) in [5.74, 6) is 0.776. The van der Waals surface area contributed by atoms with Gasteiger partial charge in [-0.15, -0.1) is 0 Å². The summed E-state index contributed by atoms with van der Waals surface area (Å²) in [7, 11) is 0. The van der Waals surface area contributed by atoms with E-state index >= 15 is 0 Å². The van der Waals surface area contributed by atoms with Crippen molar-refractivity contribution in [3.8, 4) is 0 Å². The number of hydrogen-bond donors (Lipinski definition) is 0. The standard InChI is InChI=1S/C25H27Cl2N3O3/c1-17-18-13-25(23-15-32-12-11-30(23)16-31)33-24(18)6-5-22(17)29-9-7-28(8-10-29)14-19-20(26)3-2-4-21(19)27/h2-6,13,16,23H,7-12,14-15H2,1H3. The van der Waals surface area contributed by atoms with Gasteiger partial charge in [0.2, 0.25) is 6.41 Å². The van der Waals surface area contributed by atoms with Crippen LogP contribution < -0.4 is 4.90 Å². The smallest absolute Gasteiger partial charge is 0.210 e. The predicted molar refractivity (Wildman–Crippen MR) is 131 cm³/mol. The predicted octanol–water partition coefficient (Wildman–Crippen LogP) is 4.90. The van der Waals surface area contributed by atoms with Crippen molar-refractivity contribution in [3.63, 3.8) is 0 Å². The van der Waals surface area contributed by atoms with Crippen molar-refractivity contribution in [1.29, 1.82) is 0 Å². The Morgan fingerprint density at radius 3 is 2.55 bits per heavy atom. The van der Waals surface area contributed by atoms with Crippen LogP contribution in [0.5, 0.6) is 0 Å². The Morgan fingerprint density at radius 2 is 1.82 bits per heavy atom. The second-order valence-corrected chi connectivity index (χ2v) is 9.48. The molecule has 1 unspecified atom stereocenters. The molecule has 1 aromatic heterocycles. The van der Waals surface area contributed by atoms with Crippen LogP contribution in [0.1, 0.15) is 22.9 Å². The Hall–Kier alpha value is -2.25. The van der Waals surface area contributed by atoms with Crippen LogP contribution in [0.25, 0.3) is 11.0 Å². The molecule has 0 radical (unpaired) electrons. The summed E-state index contributed by atoms with van der Waals surface area (Å²) in [6.07, 6.45) is 0.883. The average Bonchev–Trinajstić information content (AvgIpc) is 3.27. The lowest BCUT2D eigenvalue weighted by molar-refractivity contribution is -0.127. The molecule has 2 aromatic carbocycles. The molecule has 8 heteroatoms. The lowest BCUT2D eigenvalue weighted by Crippen LogP contribution is -2.46. The zero-order chi connectivity index (χ0) is 22.9. The zero-order valence-electron chi connectivity index (χ0n) is 18.6. The monoisotopic (exact) mass is 487 g/mol. The van der Waals surface area contributed by atoms with E-state index in [4.69, 9.17) is 32.4 Å². The third-order valence-corrected chi connectivity index (χ3v) is 7.46. The number of halogens is 2. The number of furan rings is 1. The molecular formula is C25H27Cl2N3O3. The van der Waals surface area contributed by atoms with Gasteiger partial charge in [-0.05, 0) is 42.8 Å². The van der Waals surface area contributed by atoms with Gasteiger partial charge < -0.3 is 19.0 Å². The number of fused-ring (bicyclic) bond motifs is 1. The number of hydrogen-bond acceptors (Lipinski definition) is 5. The molecule has 174 valence electrons. The molecule has 2 aliphatic heterocycles. The Morgan fingerprint density at radius 1 is 1.06 bits per heavy atom. The van der Waals surface area contributed by atoms with Crippen LogP contribution in [0.4, 0.5) is 5.69 Å². The van der Waals surface area contributed by atoms with Crippen LogP contribution in [0.15, 0.2) is 40.8 Å². The summed E-state index contributed by atoms with van der Waals surface area (Å²) in [6.45, 7) is 8.22. The molecule has 2 saturated heterocycles. The average molecular weight is 488 g/mol. The lowest BCUT2D eigenvalue weighted by Gasteiger charge is -2.37. The molecule has 6 nitrogen and oxygen atoms in total. The molecule has 0 bridgehead atoms. The van der Waals surface area contributed by atoms with Gasteiger partial charge in [0.25, 0.3) is 0 Å². The van der Waals surface area contributed by atoms with E-state index in [0.29, 0.717) is 19.8 Å². The van der Waals surface area contributed by atoms with Gasteiger partial charge in [0.1, 0.15) is 17.4 Å². The Balaban J connectivity index is 1.31. The largest absolute Gasteiger partial charge is 0.459 e. The van der Waals surface area contributed by atoms with E-state index in [1.165, 1.54) is 11.3 Å². The van der Waals surface area contributed by atoms with Gasteiger partial charge in [0.05, 0.1) is 13.2 Å². The minimum absolute atomic E-state index is 0.174. The van der Waals surface area contributed by atoms with E-state index in [1.54, 1.807) is 4.90 Å². The summed E-state index contributed by atoms with van der Waals surface area (Å²) in [6, 6.07) is 11.7. The fourth-order valence-corrected chi connectivity index (χ4v) is 5.33. The van der Waals surface area contributed by atoms with Crippen molar-refractivity contribution in [2.45, 2.75) is 19.5 Å². The summed E-state index contributed by atoms with van der Waals surface area (Å²) in [5, 5.41) is 2.53. The SMILES string of the molecule is Cc1c(N2CCN(Cc3c(Cl)cccc3Cl)CC2)ccc2oc(C3COCCN3C=O)cc12. The van der Waals surface area contributed by atoms with Gasteiger partial charge in [-0.1, -0.05) is 29.3 Å². The van der Waals surface area contributed by atoms with Crippen LogP contribution in [0.3, 0.4) is 0 Å². The van der Waals surface area contributed by atoms with Crippen molar-refractivity contribution >= 4 is 46.3 Å². The number of morpholine rings is 1. The highest BCUT2D eigenvalue weighted by atomic mass is 35.5. The Bertz CT molecular complexity index is 1140. The quantitative estimate of drug-likeness (QED) is 0.479. The number of aryl methyl sites for hydroxylation is 1. The summed E-state index contributed by atoms with van der Waals surface area (Å²) >= 11 is 12.7. The number of carbonyl (C=O) groups is 1. The molecule has 0 N–H and O–H groups in total. The normalized spacial score (nSPS) is 19.9. The van der Waals surface area contributed by atoms with Gasteiger partial charge in [0.15, 0.2) is 0 Å². The van der Waals surface area contributed by atoms with E-state index in [9.17, 15) is 4.79 Å². The molecule has 3 aromatic rings. The maximum Gasteiger partial charge on any atom is 0.210 e. The molecule has 2 aliphatic rings. The number of amides is 1.